The van der Waals surface area contributed by atoms with Gasteiger partial charge in [0.15, 0.2) is 0 Å². The van der Waals surface area contributed by atoms with E-state index in [-0.39, 0.29) is 0 Å². The van der Waals surface area contributed by atoms with E-state index >= 15 is 0 Å². The maximum Gasteiger partial charge on any atom is 0.101 e. The third-order valence-electron chi connectivity index (χ3n) is 2.75. The Labute approximate surface area is 106 Å². The second-order valence-electron chi connectivity index (χ2n) is 3.93. The van der Waals surface area contributed by atoms with Gasteiger partial charge in [-0.25, -0.2) is 0 Å². The molecule has 0 unspecified atom stereocenters. The smallest absolute Gasteiger partial charge is 0.101 e. The third kappa shape index (κ3) is 2.86. The van der Waals surface area contributed by atoms with Crippen LogP contribution in [0.1, 0.15) is 11.1 Å². The van der Waals surface area contributed by atoms with Crippen LogP contribution in [-0.4, -0.2) is 13.6 Å². The van der Waals surface area contributed by atoms with Gasteiger partial charge in [-0.1, -0.05) is 12.1 Å². The van der Waals surface area contributed by atoms with Crippen molar-refractivity contribution in [2.75, 3.05) is 18.5 Å². The number of thiophene rings is 1. The average molecular weight is 242 g/mol. The highest BCUT2D eigenvalue weighted by molar-refractivity contribution is 7.07. The van der Waals surface area contributed by atoms with E-state index in [0.717, 1.165) is 24.2 Å². The van der Waals surface area contributed by atoms with Gasteiger partial charge in [0.1, 0.15) is 6.07 Å². The van der Waals surface area contributed by atoms with Gasteiger partial charge >= 0.3 is 0 Å². The number of hydrogen-bond acceptors (Lipinski definition) is 3. The molecule has 86 valence electrons. The summed E-state index contributed by atoms with van der Waals surface area (Å²) >= 11 is 1.72. The molecule has 1 heterocycles. The number of nitriles is 1. The topological polar surface area (TPSA) is 27.0 Å². The molecule has 0 aliphatic rings. The van der Waals surface area contributed by atoms with Crippen molar-refractivity contribution in [1.82, 2.24) is 0 Å². The third-order valence-corrected chi connectivity index (χ3v) is 3.48. The molecule has 0 spiro atoms. The van der Waals surface area contributed by atoms with Gasteiger partial charge in [0.2, 0.25) is 0 Å². The molecule has 0 aliphatic heterocycles. The molecular formula is C14H14N2S. The zero-order chi connectivity index (χ0) is 12.1. The van der Waals surface area contributed by atoms with E-state index in [1.807, 2.05) is 31.3 Å². The summed E-state index contributed by atoms with van der Waals surface area (Å²) in [4.78, 5) is 2.14. The van der Waals surface area contributed by atoms with Gasteiger partial charge in [-0.3, -0.25) is 0 Å². The monoisotopic (exact) mass is 242 g/mol. The van der Waals surface area contributed by atoms with Crippen LogP contribution in [0.5, 0.6) is 0 Å². The highest BCUT2D eigenvalue weighted by Crippen LogP contribution is 2.18. The summed E-state index contributed by atoms with van der Waals surface area (Å²) in [6.07, 6.45) is 1.01. The van der Waals surface area contributed by atoms with Gasteiger partial charge < -0.3 is 4.90 Å². The molecule has 0 fully saturated rings. The summed E-state index contributed by atoms with van der Waals surface area (Å²) in [5, 5.41) is 13.3. The predicted molar refractivity (Wildman–Crippen MR) is 72.5 cm³/mol. The lowest BCUT2D eigenvalue weighted by atomic mass is 10.1. The highest BCUT2D eigenvalue weighted by atomic mass is 32.1. The van der Waals surface area contributed by atoms with Gasteiger partial charge in [0.05, 0.1) is 11.3 Å². The van der Waals surface area contributed by atoms with Crippen LogP contribution in [0.15, 0.2) is 41.1 Å². The molecule has 0 amide bonds. The molecule has 0 atom stereocenters. The van der Waals surface area contributed by atoms with Crippen LogP contribution in [-0.2, 0) is 6.42 Å². The van der Waals surface area contributed by atoms with Gasteiger partial charge in [-0.15, -0.1) is 0 Å². The molecule has 0 aliphatic carbocycles. The first-order chi connectivity index (χ1) is 8.31. The van der Waals surface area contributed by atoms with E-state index in [9.17, 15) is 0 Å². The zero-order valence-electron chi connectivity index (χ0n) is 9.76. The molecule has 2 nitrogen and oxygen atoms in total. The fourth-order valence-corrected chi connectivity index (χ4v) is 2.46. The molecule has 3 heteroatoms. The highest BCUT2D eigenvalue weighted by Gasteiger charge is 2.06. The van der Waals surface area contributed by atoms with Crippen LogP contribution in [0.2, 0.25) is 0 Å². The number of anilines is 1. The van der Waals surface area contributed by atoms with Crippen molar-refractivity contribution in [2.45, 2.75) is 6.42 Å². The molecule has 0 N–H and O–H groups in total. The number of likely N-dealkylation sites (N-methyl/N-ethyl adjacent to an activating group) is 1. The first-order valence-corrected chi connectivity index (χ1v) is 6.47. The molecule has 0 radical (unpaired) electrons. The van der Waals surface area contributed by atoms with Crippen LogP contribution in [0.4, 0.5) is 5.69 Å². The molecule has 0 saturated heterocycles. The quantitative estimate of drug-likeness (QED) is 0.822. The summed E-state index contributed by atoms with van der Waals surface area (Å²) in [7, 11) is 2.03. The minimum atomic E-state index is 0.736. The van der Waals surface area contributed by atoms with Gasteiger partial charge in [-0.05, 0) is 40.9 Å². The Morgan fingerprint density at radius 1 is 1.29 bits per heavy atom. The van der Waals surface area contributed by atoms with Crippen molar-refractivity contribution >= 4 is 17.0 Å². The predicted octanol–water partition coefficient (Wildman–Crippen LogP) is 3.30. The number of nitrogens with zero attached hydrogens (tertiary/aromatic N) is 2. The van der Waals surface area contributed by atoms with Crippen molar-refractivity contribution < 1.29 is 0 Å². The minimum absolute atomic E-state index is 0.736. The summed E-state index contributed by atoms with van der Waals surface area (Å²) in [5.74, 6) is 0. The number of benzene rings is 1. The molecule has 0 bridgehead atoms. The van der Waals surface area contributed by atoms with Gasteiger partial charge in [0.25, 0.3) is 0 Å². The maximum absolute atomic E-state index is 9.04. The Bertz CT molecular complexity index is 511. The van der Waals surface area contributed by atoms with E-state index in [4.69, 9.17) is 5.26 Å². The van der Waals surface area contributed by atoms with Crippen LogP contribution < -0.4 is 4.90 Å². The summed E-state index contributed by atoms with van der Waals surface area (Å²) in [6, 6.07) is 12.1. The molecule has 2 rings (SSSR count). The fourth-order valence-electron chi connectivity index (χ4n) is 1.75. The number of rotatable bonds is 4. The van der Waals surface area contributed by atoms with E-state index in [0.29, 0.717) is 0 Å². The average Bonchev–Trinajstić information content (AvgIpc) is 2.89. The van der Waals surface area contributed by atoms with Crippen molar-refractivity contribution in [3.63, 3.8) is 0 Å². The Morgan fingerprint density at radius 2 is 2.12 bits per heavy atom. The number of para-hydroxylation sites is 1. The van der Waals surface area contributed by atoms with E-state index in [2.05, 4.69) is 27.8 Å². The lowest BCUT2D eigenvalue weighted by Gasteiger charge is -2.20. The van der Waals surface area contributed by atoms with Crippen molar-refractivity contribution in [1.29, 1.82) is 5.26 Å². The Balaban J connectivity index is 2.05. The molecule has 1 aromatic carbocycles. The van der Waals surface area contributed by atoms with Crippen LogP contribution in [0.3, 0.4) is 0 Å². The zero-order valence-corrected chi connectivity index (χ0v) is 10.6. The van der Waals surface area contributed by atoms with E-state index < -0.39 is 0 Å². The van der Waals surface area contributed by atoms with E-state index in [1.54, 1.807) is 11.3 Å². The van der Waals surface area contributed by atoms with Crippen LogP contribution >= 0.6 is 11.3 Å². The largest absolute Gasteiger partial charge is 0.373 e. The maximum atomic E-state index is 9.04. The second-order valence-corrected chi connectivity index (χ2v) is 4.71. The van der Waals surface area contributed by atoms with Crippen LogP contribution in [0, 0.1) is 11.3 Å². The Morgan fingerprint density at radius 3 is 2.82 bits per heavy atom. The normalized spacial score (nSPS) is 9.88. The van der Waals surface area contributed by atoms with Crippen molar-refractivity contribution in [3.8, 4) is 6.07 Å². The molecule has 1 aromatic heterocycles. The molecular weight excluding hydrogens is 228 g/mol. The Kier molecular flexibility index (Phi) is 3.79. The SMILES string of the molecule is CN(CCc1ccsc1)c1ccccc1C#N. The molecule has 17 heavy (non-hydrogen) atoms. The summed E-state index contributed by atoms with van der Waals surface area (Å²) < 4.78 is 0. The lowest BCUT2D eigenvalue weighted by molar-refractivity contribution is 0.878. The van der Waals surface area contributed by atoms with E-state index in [1.165, 1.54) is 5.56 Å². The van der Waals surface area contributed by atoms with Gasteiger partial charge in [0, 0.05) is 13.6 Å². The van der Waals surface area contributed by atoms with Crippen LogP contribution in [0.25, 0.3) is 0 Å². The first-order valence-electron chi connectivity index (χ1n) is 5.52. The second kappa shape index (κ2) is 5.51. The van der Waals surface area contributed by atoms with Gasteiger partial charge in [-0.2, -0.15) is 16.6 Å². The summed E-state index contributed by atoms with van der Waals surface area (Å²) in [5.41, 5.74) is 3.10. The lowest BCUT2D eigenvalue weighted by Crippen LogP contribution is -2.21. The molecule has 2 aromatic rings. The first kappa shape index (κ1) is 11.7. The fraction of sp³-hybridized carbons (Fsp3) is 0.214. The Hall–Kier alpha value is -1.79. The minimum Gasteiger partial charge on any atom is -0.373 e. The van der Waals surface area contributed by atoms with Crippen molar-refractivity contribution in [3.05, 3.63) is 52.2 Å². The number of hydrogen-bond donors (Lipinski definition) is 0. The summed E-state index contributed by atoms with van der Waals surface area (Å²) in [6.45, 7) is 0.926. The van der Waals surface area contributed by atoms with Crippen molar-refractivity contribution in [2.24, 2.45) is 0 Å². The standard InChI is InChI=1S/C14H14N2S/c1-16(8-6-12-7-9-17-11-12)14-5-3-2-4-13(14)10-15/h2-5,7,9,11H,6,8H2,1H3. The molecule has 0 saturated carbocycles.